The van der Waals surface area contributed by atoms with Gasteiger partial charge in [0, 0.05) is 24.5 Å². The Balaban J connectivity index is 1.46. The van der Waals surface area contributed by atoms with Crippen LogP contribution < -0.4 is 14.2 Å². The van der Waals surface area contributed by atoms with Crippen molar-refractivity contribution in [3.8, 4) is 17.2 Å². The molecule has 0 amide bonds. The molecule has 0 fully saturated rings. The van der Waals surface area contributed by atoms with Gasteiger partial charge in [-0.05, 0) is 54.8 Å². The van der Waals surface area contributed by atoms with Gasteiger partial charge in [-0.1, -0.05) is 18.2 Å². The third-order valence-corrected chi connectivity index (χ3v) is 5.91. The van der Waals surface area contributed by atoms with E-state index in [1.165, 1.54) is 12.1 Å². The quantitative estimate of drug-likeness (QED) is 0.370. The predicted molar refractivity (Wildman–Crippen MR) is 117 cm³/mol. The lowest BCUT2D eigenvalue weighted by Gasteiger charge is -2.14. The molecule has 5 rings (SSSR count). The second-order valence-electron chi connectivity index (χ2n) is 7.97. The van der Waals surface area contributed by atoms with Crippen molar-refractivity contribution in [3.05, 3.63) is 82.7 Å². The largest absolute Gasteiger partial charge is 0.487 e. The smallest absolute Gasteiger partial charge is 0.416 e. The van der Waals surface area contributed by atoms with Crippen LogP contribution in [-0.2, 0) is 19.3 Å². The van der Waals surface area contributed by atoms with Gasteiger partial charge in [0.15, 0.2) is 11.5 Å². The molecule has 0 unspecified atom stereocenters. The molecule has 0 spiro atoms. The Morgan fingerprint density at radius 1 is 0.970 bits per heavy atom. The topological polar surface area (TPSA) is 45.5 Å². The normalized spacial score (nSPS) is 13.0. The number of benzene rings is 2. The van der Waals surface area contributed by atoms with Crippen molar-refractivity contribution in [3.63, 3.8) is 0 Å². The minimum absolute atomic E-state index is 0.209. The highest BCUT2D eigenvalue weighted by Gasteiger charge is 2.30. The summed E-state index contributed by atoms with van der Waals surface area (Å²) in [5.41, 5.74) is 4.63. The van der Waals surface area contributed by atoms with Crippen molar-refractivity contribution < 1.29 is 27.4 Å². The van der Waals surface area contributed by atoms with E-state index in [2.05, 4.69) is 4.98 Å². The second kappa shape index (κ2) is 8.03. The lowest BCUT2D eigenvalue weighted by atomic mass is 10.1. The van der Waals surface area contributed by atoms with Crippen molar-refractivity contribution in [2.75, 3.05) is 6.79 Å². The van der Waals surface area contributed by atoms with Crippen molar-refractivity contribution in [2.45, 2.75) is 33.2 Å². The Morgan fingerprint density at radius 3 is 2.45 bits per heavy atom. The Labute approximate surface area is 188 Å². The lowest BCUT2D eigenvalue weighted by Crippen LogP contribution is -2.07. The SMILES string of the molecule is Cc1c(C)n(Cc2ccc(C(F)(F)F)cc2)c2c(OCc3ccc4c(c3)OCO4)ccnc12. The molecular weight excluding hydrogens is 433 g/mol. The molecule has 3 heterocycles. The first-order valence-electron chi connectivity index (χ1n) is 10.4. The molecule has 4 aromatic rings. The standard InChI is InChI=1S/C25H21F3N2O3/c1-15-16(2)30(12-17-3-6-19(7-4-17)25(26,27)28)24-21(9-10-29-23(15)24)31-13-18-5-8-20-22(11-18)33-14-32-20/h3-11H,12-14H2,1-2H3. The van der Waals surface area contributed by atoms with E-state index in [4.69, 9.17) is 14.2 Å². The molecule has 8 heteroatoms. The van der Waals surface area contributed by atoms with Crippen LogP contribution in [0.15, 0.2) is 54.7 Å². The molecule has 1 aliphatic rings. The number of rotatable bonds is 5. The monoisotopic (exact) mass is 454 g/mol. The third kappa shape index (κ3) is 3.97. The molecule has 2 aromatic carbocycles. The zero-order chi connectivity index (χ0) is 23.2. The number of halogens is 3. The summed E-state index contributed by atoms with van der Waals surface area (Å²) < 4.78 is 57.8. The minimum Gasteiger partial charge on any atom is -0.487 e. The van der Waals surface area contributed by atoms with E-state index in [-0.39, 0.29) is 6.79 Å². The Bertz CT molecular complexity index is 1330. The Morgan fingerprint density at radius 2 is 1.70 bits per heavy atom. The first kappa shape index (κ1) is 21.2. The zero-order valence-corrected chi connectivity index (χ0v) is 18.1. The number of hydrogen-bond donors (Lipinski definition) is 0. The molecular formula is C25H21F3N2O3. The molecule has 33 heavy (non-hydrogen) atoms. The average Bonchev–Trinajstić information content (AvgIpc) is 3.36. The maximum atomic E-state index is 12.9. The fraction of sp³-hybridized carbons (Fsp3) is 0.240. The maximum Gasteiger partial charge on any atom is 0.416 e. The maximum absolute atomic E-state index is 12.9. The molecule has 2 aromatic heterocycles. The van der Waals surface area contributed by atoms with Gasteiger partial charge in [0.1, 0.15) is 17.9 Å². The van der Waals surface area contributed by atoms with Gasteiger partial charge in [-0.15, -0.1) is 0 Å². The van der Waals surface area contributed by atoms with Gasteiger partial charge >= 0.3 is 6.18 Å². The van der Waals surface area contributed by atoms with Crippen LogP contribution in [0.5, 0.6) is 17.2 Å². The number of aryl methyl sites for hydroxylation is 1. The van der Waals surface area contributed by atoms with E-state index in [1.807, 2.05) is 36.6 Å². The number of nitrogens with zero attached hydrogens (tertiary/aromatic N) is 2. The molecule has 0 bridgehead atoms. The molecule has 0 saturated heterocycles. The van der Waals surface area contributed by atoms with Gasteiger partial charge < -0.3 is 18.8 Å². The minimum atomic E-state index is -4.36. The second-order valence-corrected chi connectivity index (χ2v) is 7.97. The lowest BCUT2D eigenvalue weighted by molar-refractivity contribution is -0.137. The third-order valence-electron chi connectivity index (χ3n) is 5.91. The first-order chi connectivity index (χ1) is 15.8. The fourth-order valence-corrected chi connectivity index (χ4v) is 4.00. The average molecular weight is 454 g/mol. The van der Waals surface area contributed by atoms with Crippen LogP contribution in [0.2, 0.25) is 0 Å². The van der Waals surface area contributed by atoms with E-state index < -0.39 is 11.7 Å². The summed E-state index contributed by atoms with van der Waals surface area (Å²) in [5, 5.41) is 0. The molecule has 0 N–H and O–H groups in total. The number of fused-ring (bicyclic) bond motifs is 2. The van der Waals surface area contributed by atoms with E-state index in [0.717, 1.165) is 45.6 Å². The van der Waals surface area contributed by atoms with Gasteiger partial charge in [-0.2, -0.15) is 13.2 Å². The summed E-state index contributed by atoms with van der Waals surface area (Å²) >= 11 is 0. The van der Waals surface area contributed by atoms with E-state index >= 15 is 0 Å². The summed E-state index contributed by atoms with van der Waals surface area (Å²) in [6.07, 6.45) is -2.66. The van der Waals surface area contributed by atoms with Gasteiger partial charge in [0.25, 0.3) is 0 Å². The molecule has 0 radical (unpaired) electrons. The number of pyridine rings is 1. The van der Waals surface area contributed by atoms with Crippen molar-refractivity contribution in [1.82, 2.24) is 9.55 Å². The van der Waals surface area contributed by atoms with Crippen LogP contribution in [0.3, 0.4) is 0 Å². The van der Waals surface area contributed by atoms with Crippen LogP contribution in [0.1, 0.15) is 27.9 Å². The fourth-order valence-electron chi connectivity index (χ4n) is 4.00. The van der Waals surface area contributed by atoms with Crippen LogP contribution in [0, 0.1) is 13.8 Å². The summed E-state index contributed by atoms with van der Waals surface area (Å²) in [7, 11) is 0. The molecule has 0 aliphatic carbocycles. The molecule has 0 atom stereocenters. The molecule has 5 nitrogen and oxygen atoms in total. The van der Waals surface area contributed by atoms with Gasteiger partial charge in [0.2, 0.25) is 6.79 Å². The van der Waals surface area contributed by atoms with Crippen LogP contribution >= 0.6 is 0 Å². The highest BCUT2D eigenvalue weighted by molar-refractivity contribution is 5.86. The van der Waals surface area contributed by atoms with Gasteiger partial charge in [-0.3, -0.25) is 4.98 Å². The molecule has 0 saturated carbocycles. The predicted octanol–water partition coefficient (Wildman–Crippen LogP) is 6.03. The summed E-state index contributed by atoms with van der Waals surface area (Å²) in [6, 6.07) is 12.7. The van der Waals surface area contributed by atoms with Crippen LogP contribution in [0.4, 0.5) is 13.2 Å². The van der Waals surface area contributed by atoms with E-state index in [0.29, 0.717) is 30.4 Å². The van der Waals surface area contributed by atoms with E-state index in [1.54, 1.807) is 12.3 Å². The Hall–Kier alpha value is -3.68. The first-order valence-corrected chi connectivity index (χ1v) is 10.4. The number of ether oxygens (including phenoxy) is 3. The number of alkyl halides is 3. The number of hydrogen-bond acceptors (Lipinski definition) is 4. The molecule has 1 aliphatic heterocycles. The Kier molecular flexibility index (Phi) is 5.15. The number of aromatic nitrogens is 2. The van der Waals surface area contributed by atoms with Crippen molar-refractivity contribution in [2.24, 2.45) is 0 Å². The van der Waals surface area contributed by atoms with E-state index in [9.17, 15) is 13.2 Å². The van der Waals surface area contributed by atoms with Crippen molar-refractivity contribution in [1.29, 1.82) is 0 Å². The van der Waals surface area contributed by atoms with Crippen LogP contribution in [-0.4, -0.2) is 16.3 Å². The summed E-state index contributed by atoms with van der Waals surface area (Å²) in [6.45, 7) is 4.89. The molecule has 170 valence electrons. The highest BCUT2D eigenvalue weighted by Crippen LogP contribution is 2.35. The van der Waals surface area contributed by atoms with Crippen molar-refractivity contribution >= 4 is 11.0 Å². The zero-order valence-electron chi connectivity index (χ0n) is 18.1. The highest BCUT2D eigenvalue weighted by atomic mass is 19.4. The summed E-state index contributed by atoms with van der Waals surface area (Å²) in [4.78, 5) is 4.53. The van der Waals surface area contributed by atoms with Gasteiger partial charge in [-0.25, -0.2) is 0 Å². The summed E-state index contributed by atoms with van der Waals surface area (Å²) in [5.74, 6) is 2.05. The van der Waals surface area contributed by atoms with Gasteiger partial charge in [0.05, 0.1) is 11.1 Å². The van der Waals surface area contributed by atoms with Crippen LogP contribution in [0.25, 0.3) is 11.0 Å².